The molecule has 1 rings (SSSR count). The molecule has 0 saturated carbocycles. The Hall–Kier alpha value is -1.08. The van der Waals surface area contributed by atoms with Crippen LogP contribution in [0.3, 0.4) is 0 Å². The lowest BCUT2D eigenvalue weighted by molar-refractivity contribution is 0.575. The average molecular weight is 217 g/mol. The number of hydrogen-bond donors (Lipinski definition) is 1. The van der Waals surface area contributed by atoms with Crippen LogP contribution in [0.2, 0.25) is 0 Å². The van der Waals surface area contributed by atoms with Crippen LogP contribution in [0.1, 0.15) is 44.7 Å². The highest BCUT2D eigenvalue weighted by molar-refractivity contribution is 5.29. The number of benzene rings is 1. The molecule has 0 amide bonds. The first-order chi connectivity index (χ1) is 7.54. The monoisotopic (exact) mass is 217 g/mol. The van der Waals surface area contributed by atoms with Crippen LogP contribution in [0.4, 0.5) is 0 Å². The van der Waals surface area contributed by atoms with Crippen LogP contribution in [0.15, 0.2) is 35.9 Å². The van der Waals surface area contributed by atoms with Crippen LogP contribution in [0, 0.1) is 5.92 Å². The van der Waals surface area contributed by atoms with E-state index in [1.165, 1.54) is 16.7 Å². The maximum atomic E-state index is 5.60. The van der Waals surface area contributed by atoms with E-state index in [4.69, 9.17) is 5.73 Å². The van der Waals surface area contributed by atoms with Gasteiger partial charge in [-0.3, -0.25) is 0 Å². The zero-order valence-electron chi connectivity index (χ0n) is 10.8. The van der Waals surface area contributed by atoms with Crippen molar-refractivity contribution in [2.24, 2.45) is 11.7 Å². The Bertz CT molecular complexity index is 342. The predicted octanol–water partition coefficient (Wildman–Crippen LogP) is 3.85. The summed E-state index contributed by atoms with van der Waals surface area (Å²) in [7, 11) is 0. The largest absolute Gasteiger partial charge is 0.326 e. The molecule has 0 fully saturated rings. The van der Waals surface area contributed by atoms with Crippen molar-refractivity contribution < 1.29 is 0 Å². The molecule has 0 spiro atoms. The molecular weight excluding hydrogens is 194 g/mol. The lowest BCUT2D eigenvalue weighted by Gasteiger charge is -2.18. The topological polar surface area (TPSA) is 26.0 Å². The molecular formula is C15H23N. The van der Waals surface area contributed by atoms with Gasteiger partial charge in [0.2, 0.25) is 0 Å². The molecule has 1 aromatic carbocycles. The summed E-state index contributed by atoms with van der Waals surface area (Å²) >= 11 is 0. The molecule has 0 radical (unpaired) electrons. The number of allylic oxidation sites excluding steroid dienone is 2. The van der Waals surface area contributed by atoms with E-state index in [2.05, 4.69) is 58.0 Å². The number of nitrogens with two attached hydrogens (primary N) is 1. The first-order valence-electron chi connectivity index (χ1n) is 5.98. The highest BCUT2D eigenvalue weighted by Crippen LogP contribution is 2.27. The Labute approximate surface area is 99.4 Å². The van der Waals surface area contributed by atoms with Gasteiger partial charge in [0, 0.05) is 12.5 Å². The molecule has 0 saturated heterocycles. The second kappa shape index (κ2) is 5.86. The zero-order valence-corrected chi connectivity index (χ0v) is 10.8. The van der Waals surface area contributed by atoms with Crippen molar-refractivity contribution in [3.8, 4) is 0 Å². The van der Waals surface area contributed by atoms with Gasteiger partial charge in [-0.25, -0.2) is 0 Å². The van der Waals surface area contributed by atoms with Crippen LogP contribution >= 0.6 is 0 Å². The smallest absolute Gasteiger partial charge is 0.0178 e. The van der Waals surface area contributed by atoms with E-state index in [1.807, 2.05) is 0 Å². The van der Waals surface area contributed by atoms with Gasteiger partial charge in [-0.05, 0) is 30.9 Å². The minimum Gasteiger partial charge on any atom is -0.326 e. The molecule has 0 aliphatic rings. The van der Waals surface area contributed by atoms with Crippen LogP contribution in [-0.2, 0) is 6.54 Å². The lowest BCUT2D eigenvalue weighted by atomic mass is 9.87. The van der Waals surface area contributed by atoms with Gasteiger partial charge in [-0.2, -0.15) is 0 Å². The maximum Gasteiger partial charge on any atom is 0.0178 e. The Morgan fingerprint density at radius 1 is 1.19 bits per heavy atom. The Balaban J connectivity index is 2.97. The minimum atomic E-state index is 0.511. The average Bonchev–Trinajstić information content (AvgIpc) is 2.25. The Morgan fingerprint density at radius 2 is 1.75 bits per heavy atom. The normalized spacial score (nSPS) is 12.6. The van der Waals surface area contributed by atoms with E-state index < -0.39 is 0 Å². The predicted molar refractivity (Wildman–Crippen MR) is 71.3 cm³/mol. The van der Waals surface area contributed by atoms with Gasteiger partial charge in [-0.1, -0.05) is 49.8 Å². The van der Waals surface area contributed by atoms with E-state index in [1.54, 1.807) is 0 Å². The van der Waals surface area contributed by atoms with Gasteiger partial charge in [-0.15, -0.1) is 0 Å². The van der Waals surface area contributed by atoms with Crippen molar-refractivity contribution in [1.29, 1.82) is 0 Å². The summed E-state index contributed by atoms with van der Waals surface area (Å²) in [5, 5.41) is 0. The van der Waals surface area contributed by atoms with Crippen molar-refractivity contribution in [1.82, 2.24) is 0 Å². The van der Waals surface area contributed by atoms with Crippen molar-refractivity contribution >= 4 is 0 Å². The first-order valence-corrected chi connectivity index (χ1v) is 5.98. The van der Waals surface area contributed by atoms with Crippen molar-refractivity contribution in [3.63, 3.8) is 0 Å². The molecule has 1 unspecified atom stereocenters. The maximum absolute atomic E-state index is 5.60. The molecule has 0 aliphatic heterocycles. The summed E-state index contributed by atoms with van der Waals surface area (Å²) in [6, 6.07) is 8.66. The van der Waals surface area contributed by atoms with Crippen molar-refractivity contribution in [2.75, 3.05) is 0 Å². The van der Waals surface area contributed by atoms with Crippen LogP contribution < -0.4 is 5.73 Å². The number of rotatable bonds is 4. The highest BCUT2D eigenvalue weighted by Gasteiger charge is 2.12. The molecule has 88 valence electrons. The molecule has 0 aliphatic carbocycles. The Morgan fingerprint density at radius 3 is 2.12 bits per heavy atom. The van der Waals surface area contributed by atoms with Gasteiger partial charge in [0.1, 0.15) is 0 Å². The van der Waals surface area contributed by atoms with E-state index in [0.717, 1.165) is 0 Å². The SMILES string of the molecule is CC(C)=CC(c1ccc(CN)cc1)C(C)C. The van der Waals surface area contributed by atoms with Crippen molar-refractivity contribution in [2.45, 2.75) is 40.2 Å². The van der Waals surface area contributed by atoms with E-state index in [9.17, 15) is 0 Å². The van der Waals surface area contributed by atoms with Gasteiger partial charge in [0.25, 0.3) is 0 Å². The summed E-state index contributed by atoms with van der Waals surface area (Å²) < 4.78 is 0. The summed E-state index contributed by atoms with van der Waals surface area (Å²) in [5.74, 6) is 1.13. The van der Waals surface area contributed by atoms with Crippen LogP contribution in [0.5, 0.6) is 0 Å². The van der Waals surface area contributed by atoms with Crippen LogP contribution in [-0.4, -0.2) is 0 Å². The van der Waals surface area contributed by atoms with E-state index in [-0.39, 0.29) is 0 Å². The first kappa shape index (κ1) is 13.0. The fourth-order valence-electron chi connectivity index (χ4n) is 1.91. The number of hydrogen-bond acceptors (Lipinski definition) is 1. The minimum absolute atomic E-state index is 0.511. The quantitative estimate of drug-likeness (QED) is 0.762. The third-order valence-electron chi connectivity index (χ3n) is 2.83. The molecule has 0 bridgehead atoms. The van der Waals surface area contributed by atoms with E-state index >= 15 is 0 Å². The second-order valence-electron chi connectivity index (χ2n) is 4.96. The molecule has 1 heteroatoms. The third-order valence-corrected chi connectivity index (χ3v) is 2.83. The summed E-state index contributed by atoms with van der Waals surface area (Å²) in [6.45, 7) is 9.46. The summed E-state index contributed by atoms with van der Waals surface area (Å²) in [6.07, 6.45) is 2.35. The second-order valence-corrected chi connectivity index (χ2v) is 4.96. The van der Waals surface area contributed by atoms with Crippen LogP contribution in [0.25, 0.3) is 0 Å². The van der Waals surface area contributed by atoms with E-state index in [0.29, 0.717) is 18.4 Å². The Kier molecular flexibility index (Phi) is 4.75. The van der Waals surface area contributed by atoms with Gasteiger partial charge in [0.15, 0.2) is 0 Å². The fraction of sp³-hybridized carbons (Fsp3) is 0.467. The highest BCUT2D eigenvalue weighted by atomic mass is 14.5. The van der Waals surface area contributed by atoms with Crippen molar-refractivity contribution in [3.05, 3.63) is 47.0 Å². The zero-order chi connectivity index (χ0) is 12.1. The molecule has 2 N–H and O–H groups in total. The molecule has 1 nitrogen and oxygen atoms in total. The lowest BCUT2D eigenvalue weighted by Crippen LogP contribution is -2.05. The molecule has 0 aromatic heterocycles. The third kappa shape index (κ3) is 3.49. The fourth-order valence-corrected chi connectivity index (χ4v) is 1.91. The summed E-state index contributed by atoms with van der Waals surface area (Å²) in [5.41, 5.74) is 9.56. The molecule has 1 atom stereocenters. The summed E-state index contributed by atoms with van der Waals surface area (Å²) in [4.78, 5) is 0. The van der Waals surface area contributed by atoms with Gasteiger partial charge in [0.05, 0.1) is 0 Å². The molecule has 0 heterocycles. The molecule has 16 heavy (non-hydrogen) atoms. The van der Waals surface area contributed by atoms with Gasteiger partial charge < -0.3 is 5.73 Å². The molecule has 1 aromatic rings. The standard InChI is InChI=1S/C15H23N/c1-11(2)9-15(12(3)4)14-7-5-13(10-16)6-8-14/h5-9,12,15H,10,16H2,1-4H3. The van der Waals surface area contributed by atoms with Gasteiger partial charge >= 0.3 is 0 Å².